The first-order chi connectivity index (χ1) is 8.02. The topological polar surface area (TPSA) is 38.3 Å². The van der Waals surface area contributed by atoms with Crippen LogP contribution in [-0.4, -0.2) is 17.3 Å². The number of hydrogen-bond acceptors (Lipinski definition) is 2. The van der Waals surface area contributed by atoms with Crippen LogP contribution in [0.5, 0.6) is 0 Å². The molecule has 1 N–H and O–H groups in total. The van der Waals surface area contributed by atoms with E-state index in [1.54, 1.807) is 0 Å². The molecule has 0 bridgehead atoms. The standard InChI is InChI=1S/C13H16ClNO2/c1-13(2,8-14)15-12(16)9-3-4-10-6-17-7-11(10)5-9/h3-5H,6-8H2,1-2H3,(H,15,16). The lowest BCUT2D eigenvalue weighted by Crippen LogP contribution is -2.44. The Hall–Kier alpha value is -1.06. The van der Waals surface area contributed by atoms with E-state index in [2.05, 4.69) is 5.32 Å². The number of rotatable bonds is 3. The number of carbonyl (C=O) groups is 1. The van der Waals surface area contributed by atoms with Crippen LogP contribution < -0.4 is 5.32 Å². The Labute approximate surface area is 106 Å². The molecule has 3 nitrogen and oxygen atoms in total. The summed E-state index contributed by atoms with van der Waals surface area (Å²) in [7, 11) is 0. The molecule has 1 aliphatic heterocycles. The fourth-order valence-corrected chi connectivity index (χ4v) is 1.79. The lowest BCUT2D eigenvalue weighted by atomic mass is 10.0. The highest BCUT2D eigenvalue weighted by atomic mass is 35.5. The molecule has 4 heteroatoms. The van der Waals surface area contributed by atoms with E-state index in [9.17, 15) is 4.79 Å². The van der Waals surface area contributed by atoms with Gasteiger partial charge >= 0.3 is 0 Å². The molecule has 1 aliphatic rings. The van der Waals surface area contributed by atoms with Crippen molar-refractivity contribution in [3.05, 3.63) is 34.9 Å². The lowest BCUT2D eigenvalue weighted by molar-refractivity contribution is 0.0920. The molecule has 0 fully saturated rings. The number of alkyl halides is 1. The normalized spacial score (nSPS) is 14.5. The molecule has 0 saturated carbocycles. The van der Waals surface area contributed by atoms with Crippen LogP contribution in [0.3, 0.4) is 0 Å². The number of carbonyl (C=O) groups excluding carboxylic acids is 1. The maximum absolute atomic E-state index is 12.0. The Morgan fingerprint density at radius 2 is 2.12 bits per heavy atom. The monoisotopic (exact) mass is 253 g/mol. The molecule has 17 heavy (non-hydrogen) atoms. The van der Waals surface area contributed by atoms with E-state index in [1.165, 1.54) is 0 Å². The molecule has 0 spiro atoms. The zero-order valence-electron chi connectivity index (χ0n) is 10.0. The van der Waals surface area contributed by atoms with Gasteiger partial charge in [0, 0.05) is 17.0 Å². The zero-order chi connectivity index (χ0) is 12.5. The number of fused-ring (bicyclic) bond motifs is 1. The smallest absolute Gasteiger partial charge is 0.251 e. The van der Waals surface area contributed by atoms with Gasteiger partial charge in [0.05, 0.1) is 13.2 Å². The molecule has 0 unspecified atom stereocenters. The van der Waals surface area contributed by atoms with Gasteiger partial charge in [-0.05, 0) is 37.1 Å². The molecule has 1 amide bonds. The van der Waals surface area contributed by atoms with Crippen molar-refractivity contribution in [2.75, 3.05) is 5.88 Å². The van der Waals surface area contributed by atoms with Gasteiger partial charge < -0.3 is 10.1 Å². The Balaban J connectivity index is 2.15. The van der Waals surface area contributed by atoms with Gasteiger partial charge in [-0.1, -0.05) is 6.07 Å². The van der Waals surface area contributed by atoms with E-state index in [0.29, 0.717) is 24.7 Å². The summed E-state index contributed by atoms with van der Waals surface area (Å²) in [5.41, 5.74) is 2.53. The predicted molar refractivity (Wildman–Crippen MR) is 67.2 cm³/mol. The van der Waals surface area contributed by atoms with E-state index in [4.69, 9.17) is 16.3 Å². The van der Waals surface area contributed by atoms with E-state index < -0.39 is 5.54 Å². The van der Waals surface area contributed by atoms with Crippen molar-refractivity contribution < 1.29 is 9.53 Å². The maximum atomic E-state index is 12.0. The summed E-state index contributed by atoms with van der Waals surface area (Å²) in [6, 6.07) is 5.67. The van der Waals surface area contributed by atoms with Gasteiger partial charge in [-0.2, -0.15) is 0 Å². The molecular weight excluding hydrogens is 238 g/mol. The second-order valence-electron chi connectivity index (χ2n) is 4.95. The Kier molecular flexibility index (Phi) is 3.40. The number of halogens is 1. The molecule has 1 heterocycles. The minimum atomic E-state index is -0.395. The van der Waals surface area contributed by atoms with E-state index in [-0.39, 0.29) is 5.91 Å². The number of hydrogen-bond donors (Lipinski definition) is 1. The Morgan fingerprint density at radius 3 is 2.82 bits per heavy atom. The molecule has 0 saturated heterocycles. The molecule has 2 rings (SSSR count). The summed E-state index contributed by atoms with van der Waals surface area (Å²) in [5, 5.41) is 2.90. The van der Waals surface area contributed by atoms with Gasteiger partial charge in [0.1, 0.15) is 0 Å². The minimum absolute atomic E-state index is 0.0923. The summed E-state index contributed by atoms with van der Waals surface area (Å²) >= 11 is 5.78. The van der Waals surface area contributed by atoms with Crippen molar-refractivity contribution in [3.63, 3.8) is 0 Å². The molecule has 0 aromatic heterocycles. The van der Waals surface area contributed by atoms with E-state index in [0.717, 1.165) is 11.1 Å². The van der Waals surface area contributed by atoms with Crippen LogP contribution in [-0.2, 0) is 18.0 Å². The number of amides is 1. The average Bonchev–Trinajstić information content (AvgIpc) is 2.75. The third kappa shape index (κ3) is 2.79. The van der Waals surface area contributed by atoms with Crippen LogP contribution in [0.4, 0.5) is 0 Å². The van der Waals surface area contributed by atoms with Crippen LogP contribution in [0.25, 0.3) is 0 Å². The van der Waals surface area contributed by atoms with Gasteiger partial charge in [0.2, 0.25) is 0 Å². The zero-order valence-corrected chi connectivity index (χ0v) is 10.8. The van der Waals surface area contributed by atoms with Gasteiger partial charge in [-0.3, -0.25) is 4.79 Å². The minimum Gasteiger partial charge on any atom is -0.372 e. The van der Waals surface area contributed by atoms with Crippen molar-refractivity contribution in [1.82, 2.24) is 5.32 Å². The van der Waals surface area contributed by atoms with Gasteiger partial charge in [-0.25, -0.2) is 0 Å². The molecule has 0 atom stereocenters. The van der Waals surface area contributed by atoms with Crippen LogP contribution in [0.15, 0.2) is 18.2 Å². The summed E-state index contributed by atoms with van der Waals surface area (Å²) < 4.78 is 5.32. The summed E-state index contributed by atoms with van der Waals surface area (Å²) in [4.78, 5) is 12.0. The lowest BCUT2D eigenvalue weighted by Gasteiger charge is -2.23. The van der Waals surface area contributed by atoms with E-state index >= 15 is 0 Å². The highest BCUT2D eigenvalue weighted by Crippen LogP contribution is 2.21. The van der Waals surface area contributed by atoms with Crippen LogP contribution >= 0.6 is 11.6 Å². The van der Waals surface area contributed by atoms with Crippen molar-refractivity contribution in [1.29, 1.82) is 0 Å². The van der Waals surface area contributed by atoms with E-state index in [1.807, 2.05) is 32.0 Å². The Morgan fingerprint density at radius 1 is 1.41 bits per heavy atom. The fourth-order valence-electron chi connectivity index (χ4n) is 1.73. The van der Waals surface area contributed by atoms with Crippen LogP contribution in [0.1, 0.15) is 35.3 Å². The van der Waals surface area contributed by atoms with Gasteiger partial charge in [0.15, 0.2) is 0 Å². The average molecular weight is 254 g/mol. The number of benzene rings is 1. The highest BCUT2D eigenvalue weighted by Gasteiger charge is 2.21. The predicted octanol–water partition coefficient (Wildman–Crippen LogP) is 2.46. The van der Waals surface area contributed by atoms with Crippen LogP contribution in [0.2, 0.25) is 0 Å². The number of nitrogens with one attached hydrogen (secondary N) is 1. The van der Waals surface area contributed by atoms with Crippen molar-refractivity contribution in [2.45, 2.75) is 32.6 Å². The summed E-state index contributed by atoms with van der Waals surface area (Å²) in [6.45, 7) is 5.03. The van der Waals surface area contributed by atoms with Gasteiger partial charge in [-0.15, -0.1) is 11.6 Å². The first-order valence-corrected chi connectivity index (χ1v) is 6.13. The molecule has 0 aliphatic carbocycles. The third-order valence-corrected chi connectivity index (χ3v) is 3.44. The van der Waals surface area contributed by atoms with Crippen molar-refractivity contribution >= 4 is 17.5 Å². The van der Waals surface area contributed by atoms with Crippen molar-refractivity contribution in [2.24, 2.45) is 0 Å². The van der Waals surface area contributed by atoms with Gasteiger partial charge in [0.25, 0.3) is 5.91 Å². The molecular formula is C13H16ClNO2. The summed E-state index contributed by atoms with van der Waals surface area (Å²) in [6.07, 6.45) is 0. The maximum Gasteiger partial charge on any atom is 0.251 e. The molecule has 1 aromatic carbocycles. The first-order valence-electron chi connectivity index (χ1n) is 5.60. The van der Waals surface area contributed by atoms with Crippen molar-refractivity contribution in [3.8, 4) is 0 Å². The molecule has 0 radical (unpaired) electrons. The fraction of sp³-hybridized carbons (Fsp3) is 0.462. The third-order valence-electron chi connectivity index (χ3n) is 2.77. The second kappa shape index (κ2) is 4.67. The SMILES string of the molecule is CC(C)(CCl)NC(=O)c1ccc2c(c1)COC2. The highest BCUT2D eigenvalue weighted by molar-refractivity contribution is 6.18. The molecule has 1 aromatic rings. The number of ether oxygens (including phenoxy) is 1. The first kappa shape index (κ1) is 12.4. The van der Waals surface area contributed by atoms with Crippen LogP contribution in [0, 0.1) is 0 Å². The summed E-state index contributed by atoms with van der Waals surface area (Å²) in [5.74, 6) is 0.289. The Bertz CT molecular complexity index is 443. The second-order valence-corrected chi connectivity index (χ2v) is 5.22. The largest absolute Gasteiger partial charge is 0.372 e. The molecule has 92 valence electrons. The quantitative estimate of drug-likeness (QED) is 0.841.